The number of alkyl halides is 3. The number of nitrogens with one attached hydrogen (secondary N) is 3. The van der Waals surface area contributed by atoms with E-state index in [9.17, 15) is 36.7 Å². The van der Waals surface area contributed by atoms with E-state index in [4.69, 9.17) is 0 Å². The fraction of sp³-hybridized carbons (Fsp3) is 0.167. The van der Waals surface area contributed by atoms with Crippen molar-refractivity contribution in [3.8, 4) is 5.69 Å². The van der Waals surface area contributed by atoms with E-state index >= 15 is 0 Å². The van der Waals surface area contributed by atoms with Gasteiger partial charge in [-0.2, -0.15) is 13.2 Å². The normalized spacial score (nSPS) is 17.1. The summed E-state index contributed by atoms with van der Waals surface area (Å²) in [7, 11) is 0. The van der Waals surface area contributed by atoms with Crippen LogP contribution >= 0.6 is 0 Å². The molecule has 1 aliphatic rings. The third kappa shape index (κ3) is 3.45. The number of halogens is 4. The van der Waals surface area contributed by atoms with Crippen molar-refractivity contribution >= 4 is 11.7 Å². The molecular formula is C24H17F4N5O4. The molecule has 13 heteroatoms. The van der Waals surface area contributed by atoms with E-state index in [2.05, 4.69) is 5.10 Å². The van der Waals surface area contributed by atoms with Gasteiger partial charge in [0, 0.05) is 5.69 Å². The smallest absolute Gasteiger partial charge is 0.310 e. The van der Waals surface area contributed by atoms with Gasteiger partial charge in [0.25, 0.3) is 17.0 Å². The topological polar surface area (TPSA) is 122 Å². The van der Waals surface area contributed by atoms with Crippen molar-refractivity contribution in [2.24, 2.45) is 0 Å². The molecule has 0 aliphatic carbocycles. The lowest BCUT2D eigenvalue weighted by atomic mass is 9.75. The molecule has 0 spiro atoms. The van der Waals surface area contributed by atoms with Crippen LogP contribution in [0.3, 0.4) is 0 Å². The van der Waals surface area contributed by atoms with E-state index in [1.54, 1.807) is 18.2 Å². The fourth-order valence-electron chi connectivity index (χ4n) is 4.68. The minimum Gasteiger partial charge on any atom is -0.310 e. The summed E-state index contributed by atoms with van der Waals surface area (Å²) >= 11 is 0. The lowest BCUT2D eigenvalue weighted by Gasteiger charge is -2.28. The van der Waals surface area contributed by atoms with Gasteiger partial charge in [0.15, 0.2) is 0 Å². The highest BCUT2D eigenvalue weighted by molar-refractivity contribution is 6.08. The van der Waals surface area contributed by atoms with Gasteiger partial charge < -0.3 is 5.32 Å². The maximum atomic E-state index is 15.0. The van der Waals surface area contributed by atoms with Crippen molar-refractivity contribution in [3.05, 3.63) is 114 Å². The van der Waals surface area contributed by atoms with Crippen molar-refractivity contribution in [1.29, 1.82) is 0 Å². The quantitative estimate of drug-likeness (QED) is 0.361. The van der Waals surface area contributed by atoms with E-state index in [-0.39, 0.29) is 11.4 Å². The number of carbonyl (C=O) groups excluding carboxylic acids is 1. The second-order valence-corrected chi connectivity index (χ2v) is 8.49. The number of hydrogen-bond donors (Lipinski definition) is 3. The van der Waals surface area contributed by atoms with Crippen LogP contribution in [-0.2, 0) is 16.8 Å². The molecule has 1 aliphatic heterocycles. The van der Waals surface area contributed by atoms with Crippen molar-refractivity contribution in [2.45, 2.75) is 25.1 Å². The molecule has 2 aromatic heterocycles. The Morgan fingerprint density at radius 1 is 0.919 bits per heavy atom. The first kappa shape index (κ1) is 24.0. The zero-order chi connectivity index (χ0) is 26.7. The maximum Gasteiger partial charge on any atom is 0.411 e. The molecule has 3 N–H and O–H groups in total. The third-order valence-corrected chi connectivity index (χ3v) is 6.29. The molecular weight excluding hydrogens is 498 g/mol. The Balaban J connectivity index is 1.82. The molecule has 9 nitrogen and oxygen atoms in total. The predicted molar refractivity (Wildman–Crippen MR) is 123 cm³/mol. The molecule has 0 saturated carbocycles. The lowest BCUT2D eigenvalue weighted by molar-refractivity contribution is -0.181. The summed E-state index contributed by atoms with van der Waals surface area (Å²) in [6.07, 6.45) is -5.46. The summed E-state index contributed by atoms with van der Waals surface area (Å²) in [5, 5.41) is 4.58. The largest absolute Gasteiger partial charge is 0.411 e. The Morgan fingerprint density at radius 3 is 2.19 bits per heavy atom. The number of amides is 1. The molecule has 0 fully saturated rings. The highest BCUT2D eigenvalue weighted by atomic mass is 19.4. The number of hydrogen-bond acceptors (Lipinski definition) is 4. The predicted octanol–water partition coefficient (Wildman–Crippen LogP) is 2.31. The number of rotatable bonds is 4. The minimum atomic E-state index is -5.46. The number of aromatic amines is 2. The Kier molecular flexibility index (Phi) is 5.31. The highest BCUT2D eigenvalue weighted by Gasteiger charge is 2.70. The lowest BCUT2D eigenvalue weighted by Crippen LogP contribution is -2.54. The molecule has 2 aromatic carbocycles. The molecule has 4 aromatic rings. The molecule has 5 rings (SSSR count). The second kappa shape index (κ2) is 8.18. The van der Waals surface area contributed by atoms with Gasteiger partial charge in [0.1, 0.15) is 11.6 Å². The van der Waals surface area contributed by atoms with Gasteiger partial charge in [-0.05, 0) is 36.8 Å². The number of fused-ring (bicyclic) bond motifs is 1. The van der Waals surface area contributed by atoms with E-state index < -0.39 is 63.6 Å². The second-order valence-electron chi connectivity index (χ2n) is 8.49. The summed E-state index contributed by atoms with van der Waals surface area (Å²) in [5.74, 6) is -2.99. The summed E-state index contributed by atoms with van der Waals surface area (Å²) in [6, 6.07) is 12.5. The molecule has 3 heterocycles. The minimum absolute atomic E-state index is 0.202. The number of carbonyl (C=O) groups is 1. The van der Waals surface area contributed by atoms with Crippen molar-refractivity contribution in [1.82, 2.24) is 19.3 Å². The van der Waals surface area contributed by atoms with E-state index in [0.29, 0.717) is 5.56 Å². The van der Waals surface area contributed by atoms with Gasteiger partial charge >= 0.3 is 11.9 Å². The van der Waals surface area contributed by atoms with Gasteiger partial charge in [-0.15, -0.1) is 0 Å². The van der Waals surface area contributed by atoms with Crippen LogP contribution in [0.5, 0.6) is 0 Å². The van der Waals surface area contributed by atoms with Gasteiger partial charge in [-0.1, -0.05) is 30.3 Å². The Morgan fingerprint density at radius 2 is 1.57 bits per heavy atom. The van der Waals surface area contributed by atoms with Crippen molar-refractivity contribution < 1.29 is 22.4 Å². The summed E-state index contributed by atoms with van der Waals surface area (Å²) < 4.78 is 59.8. The van der Waals surface area contributed by atoms with Crippen LogP contribution in [0.15, 0.2) is 69.0 Å². The molecule has 1 unspecified atom stereocenters. The molecule has 37 heavy (non-hydrogen) atoms. The van der Waals surface area contributed by atoms with Crippen LogP contribution in [0.2, 0.25) is 0 Å². The molecule has 1 amide bonds. The van der Waals surface area contributed by atoms with E-state index in [1.165, 1.54) is 31.2 Å². The van der Waals surface area contributed by atoms with Crippen LogP contribution in [-0.4, -0.2) is 31.4 Å². The molecule has 0 bridgehead atoms. The number of benzene rings is 2. The van der Waals surface area contributed by atoms with Crippen LogP contribution in [0.1, 0.15) is 22.4 Å². The number of aryl methyl sites for hydroxylation is 1. The fourth-order valence-corrected chi connectivity index (χ4v) is 4.68. The van der Waals surface area contributed by atoms with Crippen LogP contribution in [0.4, 0.5) is 23.4 Å². The Bertz CT molecular complexity index is 1720. The molecule has 1 atom stereocenters. The Labute approximate surface area is 204 Å². The number of H-pyrrole nitrogens is 2. The zero-order valence-corrected chi connectivity index (χ0v) is 18.9. The number of nitrogens with zero attached hydrogens (tertiary/aromatic N) is 2. The monoisotopic (exact) mass is 515 g/mol. The SMILES string of the molecule is Cc1[nH]n(-c2ccccc2)c(=O)c1C1(C(F)(F)F)C(=O)Nc2c1c(=O)[nH]c(=O)n2Cc1ccc(F)cc1. The van der Waals surface area contributed by atoms with E-state index in [0.717, 1.165) is 21.4 Å². The number of aromatic nitrogens is 4. The van der Waals surface area contributed by atoms with Crippen LogP contribution in [0.25, 0.3) is 5.69 Å². The summed E-state index contributed by atoms with van der Waals surface area (Å²) in [5.41, 5.74) is -9.41. The summed E-state index contributed by atoms with van der Waals surface area (Å²) in [4.78, 5) is 54.0. The first-order chi connectivity index (χ1) is 17.5. The van der Waals surface area contributed by atoms with Gasteiger partial charge in [0.2, 0.25) is 5.41 Å². The summed E-state index contributed by atoms with van der Waals surface area (Å²) in [6.45, 7) is 0.782. The van der Waals surface area contributed by atoms with E-state index in [1.807, 2.05) is 10.3 Å². The number of anilines is 1. The van der Waals surface area contributed by atoms with Gasteiger partial charge in [-0.3, -0.25) is 29.0 Å². The van der Waals surface area contributed by atoms with Crippen LogP contribution < -0.4 is 22.1 Å². The highest BCUT2D eigenvalue weighted by Crippen LogP contribution is 2.51. The Hall–Kier alpha value is -4.68. The number of para-hydroxylation sites is 1. The van der Waals surface area contributed by atoms with Gasteiger partial charge in [-0.25, -0.2) is 13.9 Å². The van der Waals surface area contributed by atoms with Crippen molar-refractivity contribution in [3.63, 3.8) is 0 Å². The standard InChI is InChI=1S/C24H17F4N5O4/c1-12-16(20(35)33(31-12)15-5-3-2-4-6-15)23(24(26,27)28)17-18(29-21(23)36)32(22(37)30-19(17)34)11-13-7-9-14(25)10-8-13/h2-10,31H,11H2,1H3,(H,29,36)(H,30,34,37). The first-order valence-electron chi connectivity index (χ1n) is 10.8. The zero-order valence-electron chi connectivity index (χ0n) is 18.9. The first-order valence-corrected chi connectivity index (χ1v) is 10.8. The maximum absolute atomic E-state index is 15.0. The average molecular weight is 515 g/mol. The molecule has 0 saturated heterocycles. The molecule has 190 valence electrons. The van der Waals surface area contributed by atoms with Gasteiger partial charge in [0.05, 0.1) is 23.4 Å². The van der Waals surface area contributed by atoms with Crippen molar-refractivity contribution in [2.75, 3.05) is 5.32 Å². The van der Waals surface area contributed by atoms with Crippen LogP contribution in [0, 0.1) is 12.7 Å². The average Bonchev–Trinajstić information content (AvgIpc) is 3.31. The third-order valence-electron chi connectivity index (χ3n) is 6.29. The molecule has 0 radical (unpaired) electrons.